The van der Waals surface area contributed by atoms with Gasteiger partial charge in [0.15, 0.2) is 5.65 Å². The number of aromatic nitrogens is 5. The van der Waals surface area contributed by atoms with Gasteiger partial charge in [-0.1, -0.05) is 29.3 Å². The van der Waals surface area contributed by atoms with Crippen molar-refractivity contribution in [3.05, 3.63) is 66.4 Å². The Labute approximate surface area is 150 Å². The number of aryl methyl sites for hydroxylation is 2. The monoisotopic (exact) mass is 346 g/mol. The first-order chi connectivity index (χ1) is 12.6. The topological polar surface area (TPSA) is 77.1 Å². The third-order valence-corrected chi connectivity index (χ3v) is 4.02. The summed E-state index contributed by atoms with van der Waals surface area (Å²) in [4.78, 5) is 20.3. The Bertz CT molecular complexity index is 1060. The van der Waals surface area contributed by atoms with Crippen molar-refractivity contribution in [1.29, 1.82) is 0 Å². The van der Waals surface area contributed by atoms with Gasteiger partial charge >= 0.3 is 0 Å². The molecule has 0 atom stereocenters. The maximum absolute atomic E-state index is 12.1. The molecule has 0 saturated carbocycles. The molecule has 0 fully saturated rings. The summed E-state index contributed by atoms with van der Waals surface area (Å²) < 4.78 is 3.36. The van der Waals surface area contributed by atoms with Crippen LogP contribution in [0.3, 0.4) is 0 Å². The first-order valence-corrected chi connectivity index (χ1v) is 8.27. The molecule has 0 radical (unpaired) electrons. The van der Waals surface area contributed by atoms with Crippen molar-refractivity contribution in [2.75, 3.05) is 5.32 Å². The highest BCUT2D eigenvalue weighted by Crippen LogP contribution is 2.22. The molecule has 0 spiro atoms. The fraction of sp³-hybridized carbons (Fsp3) is 0.158. The van der Waals surface area contributed by atoms with E-state index in [0.717, 1.165) is 11.1 Å². The van der Waals surface area contributed by atoms with E-state index >= 15 is 0 Å². The van der Waals surface area contributed by atoms with Crippen molar-refractivity contribution >= 4 is 17.5 Å². The molecule has 4 aromatic rings. The normalized spacial score (nSPS) is 11.0. The minimum Gasteiger partial charge on any atom is -0.328 e. The van der Waals surface area contributed by atoms with Gasteiger partial charge in [0.05, 0.1) is 6.33 Å². The number of imidazole rings is 1. The van der Waals surface area contributed by atoms with Crippen LogP contribution in [0.15, 0.2) is 55.2 Å². The number of anilines is 1. The number of pyridine rings is 1. The molecular formula is C19H18N6O. The highest BCUT2D eigenvalue weighted by molar-refractivity contribution is 5.89. The Kier molecular flexibility index (Phi) is 3.96. The van der Waals surface area contributed by atoms with Gasteiger partial charge in [-0.05, 0) is 31.5 Å². The van der Waals surface area contributed by atoms with Crippen molar-refractivity contribution < 1.29 is 4.79 Å². The third-order valence-electron chi connectivity index (χ3n) is 4.02. The van der Waals surface area contributed by atoms with Gasteiger partial charge in [-0.25, -0.2) is 9.50 Å². The number of rotatable bonds is 4. The van der Waals surface area contributed by atoms with Gasteiger partial charge in [-0.3, -0.25) is 10.1 Å². The van der Waals surface area contributed by atoms with Gasteiger partial charge in [0.1, 0.15) is 6.54 Å². The van der Waals surface area contributed by atoms with E-state index < -0.39 is 0 Å². The summed E-state index contributed by atoms with van der Waals surface area (Å²) in [7, 11) is 0. The first-order valence-electron chi connectivity index (χ1n) is 8.27. The number of carbonyl (C=O) groups excluding carboxylic acids is 1. The second-order valence-corrected chi connectivity index (χ2v) is 6.32. The van der Waals surface area contributed by atoms with Crippen LogP contribution in [-0.2, 0) is 11.3 Å². The van der Waals surface area contributed by atoms with Crippen LogP contribution >= 0.6 is 0 Å². The summed E-state index contributed by atoms with van der Waals surface area (Å²) in [6.07, 6.45) is 6.87. The second kappa shape index (κ2) is 6.44. The minimum atomic E-state index is -0.201. The third kappa shape index (κ3) is 3.32. The predicted octanol–water partition coefficient (Wildman–Crippen LogP) is 2.85. The average molecular weight is 346 g/mol. The summed E-state index contributed by atoms with van der Waals surface area (Å²) in [6, 6.07) is 10.3. The SMILES string of the molecule is Cc1cc(C)cc(-c2ccc3nc(NC(=O)Cn4ccnc4)nn3c2)c1. The van der Waals surface area contributed by atoms with Gasteiger partial charge in [0.25, 0.3) is 0 Å². The maximum atomic E-state index is 12.1. The molecule has 0 unspecified atom stereocenters. The molecule has 4 rings (SSSR count). The van der Waals surface area contributed by atoms with Crippen molar-refractivity contribution in [1.82, 2.24) is 24.1 Å². The number of hydrogen-bond acceptors (Lipinski definition) is 4. The molecule has 0 aliphatic heterocycles. The highest BCUT2D eigenvalue weighted by Gasteiger charge is 2.09. The van der Waals surface area contributed by atoms with E-state index in [9.17, 15) is 4.79 Å². The van der Waals surface area contributed by atoms with Crippen LogP contribution in [0.5, 0.6) is 0 Å². The van der Waals surface area contributed by atoms with Crippen LogP contribution in [0.25, 0.3) is 16.8 Å². The fourth-order valence-electron chi connectivity index (χ4n) is 2.96. The molecule has 3 heterocycles. The average Bonchev–Trinajstić information content (AvgIpc) is 3.21. The van der Waals surface area contributed by atoms with E-state index in [2.05, 4.69) is 52.4 Å². The number of nitrogens with zero attached hydrogens (tertiary/aromatic N) is 5. The largest absolute Gasteiger partial charge is 0.328 e. The van der Waals surface area contributed by atoms with Gasteiger partial charge in [0, 0.05) is 24.2 Å². The number of fused-ring (bicyclic) bond motifs is 1. The lowest BCUT2D eigenvalue weighted by Crippen LogP contribution is -2.18. The Morgan fingerprint density at radius 2 is 1.92 bits per heavy atom. The van der Waals surface area contributed by atoms with Crippen LogP contribution in [-0.4, -0.2) is 30.1 Å². The molecule has 0 aliphatic carbocycles. The van der Waals surface area contributed by atoms with E-state index in [-0.39, 0.29) is 18.4 Å². The molecule has 130 valence electrons. The molecule has 7 heteroatoms. The summed E-state index contributed by atoms with van der Waals surface area (Å²) in [5.74, 6) is 0.0844. The number of hydrogen-bond donors (Lipinski definition) is 1. The van der Waals surface area contributed by atoms with E-state index in [0.29, 0.717) is 5.65 Å². The zero-order valence-corrected chi connectivity index (χ0v) is 14.5. The fourth-order valence-corrected chi connectivity index (χ4v) is 2.96. The van der Waals surface area contributed by atoms with Crippen molar-refractivity contribution in [2.45, 2.75) is 20.4 Å². The van der Waals surface area contributed by atoms with E-state index in [1.807, 2.05) is 18.3 Å². The lowest BCUT2D eigenvalue weighted by atomic mass is 10.0. The number of benzene rings is 1. The summed E-state index contributed by atoms with van der Waals surface area (Å²) in [5.41, 5.74) is 5.28. The zero-order valence-electron chi connectivity index (χ0n) is 14.5. The van der Waals surface area contributed by atoms with Crippen molar-refractivity contribution in [2.24, 2.45) is 0 Å². The van der Waals surface area contributed by atoms with E-state index in [4.69, 9.17) is 0 Å². The van der Waals surface area contributed by atoms with Gasteiger partial charge in [-0.15, -0.1) is 5.10 Å². The molecule has 1 aromatic carbocycles. The van der Waals surface area contributed by atoms with Crippen LogP contribution in [0, 0.1) is 13.8 Å². The van der Waals surface area contributed by atoms with Gasteiger partial charge in [0.2, 0.25) is 11.9 Å². The predicted molar refractivity (Wildman–Crippen MR) is 98.8 cm³/mol. The van der Waals surface area contributed by atoms with Gasteiger partial charge in [-0.2, -0.15) is 4.98 Å². The lowest BCUT2D eigenvalue weighted by Gasteiger charge is -2.05. The Morgan fingerprint density at radius 3 is 2.65 bits per heavy atom. The highest BCUT2D eigenvalue weighted by atomic mass is 16.2. The Morgan fingerprint density at radius 1 is 1.12 bits per heavy atom. The molecule has 0 saturated heterocycles. The van der Waals surface area contributed by atoms with Crippen LogP contribution < -0.4 is 5.32 Å². The molecule has 0 aliphatic rings. The standard InChI is InChI=1S/C19H18N6O/c1-13-7-14(2)9-16(8-13)15-3-4-17-21-19(23-25(17)10-15)22-18(26)11-24-6-5-20-12-24/h3-10,12H,11H2,1-2H3,(H,22,23,26). The minimum absolute atomic E-state index is 0.170. The number of nitrogens with one attached hydrogen (secondary N) is 1. The quantitative estimate of drug-likeness (QED) is 0.616. The Hall–Kier alpha value is -3.48. The van der Waals surface area contributed by atoms with E-state index in [1.165, 1.54) is 11.1 Å². The second-order valence-electron chi connectivity index (χ2n) is 6.32. The molecule has 7 nitrogen and oxygen atoms in total. The first kappa shape index (κ1) is 16.0. The lowest BCUT2D eigenvalue weighted by molar-refractivity contribution is -0.116. The molecule has 1 N–H and O–H groups in total. The number of carbonyl (C=O) groups is 1. The molecule has 1 amide bonds. The summed E-state index contributed by atoms with van der Waals surface area (Å²) >= 11 is 0. The molecule has 3 aromatic heterocycles. The van der Waals surface area contributed by atoms with Crippen LogP contribution in [0.1, 0.15) is 11.1 Å². The van der Waals surface area contributed by atoms with Crippen molar-refractivity contribution in [3.8, 4) is 11.1 Å². The molecular weight excluding hydrogens is 328 g/mol. The smallest absolute Gasteiger partial charge is 0.249 e. The molecule has 26 heavy (non-hydrogen) atoms. The summed E-state index contributed by atoms with van der Waals surface area (Å²) in [5, 5.41) is 7.08. The van der Waals surface area contributed by atoms with Crippen LogP contribution in [0.2, 0.25) is 0 Å². The van der Waals surface area contributed by atoms with Crippen molar-refractivity contribution in [3.63, 3.8) is 0 Å². The van der Waals surface area contributed by atoms with Crippen LogP contribution in [0.4, 0.5) is 5.95 Å². The Balaban J connectivity index is 1.58. The maximum Gasteiger partial charge on any atom is 0.249 e. The van der Waals surface area contributed by atoms with Gasteiger partial charge < -0.3 is 4.57 Å². The number of amides is 1. The van der Waals surface area contributed by atoms with E-state index in [1.54, 1.807) is 27.8 Å². The summed E-state index contributed by atoms with van der Waals surface area (Å²) in [6.45, 7) is 4.33. The zero-order chi connectivity index (χ0) is 18.1. The molecule has 0 bridgehead atoms.